The van der Waals surface area contributed by atoms with Crippen molar-refractivity contribution < 1.29 is 9.94 Å². The first-order valence-corrected chi connectivity index (χ1v) is 6.43. The van der Waals surface area contributed by atoms with Crippen molar-refractivity contribution in [1.29, 1.82) is 0 Å². The van der Waals surface area contributed by atoms with Gasteiger partial charge in [0.2, 0.25) is 0 Å². The second-order valence-electron chi connectivity index (χ2n) is 4.12. The van der Waals surface area contributed by atoms with Crippen LogP contribution in [0.2, 0.25) is 5.02 Å². The van der Waals surface area contributed by atoms with Gasteiger partial charge in [0.25, 0.3) is 0 Å². The number of nitrogens with zero attached hydrogens (tertiary/aromatic N) is 3. The van der Waals surface area contributed by atoms with E-state index >= 15 is 0 Å². The average Bonchev–Trinajstić information content (AvgIpc) is 2.93. The Balaban J connectivity index is 2.06. The minimum atomic E-state index is 0.00247. The number of amidine groups is 1. The molecule has 0 spiro atoms. The monoisotopic (exact) mass is 294 g/mol. The van der Waals surface area contributed by atoms with Crippen LogP contribution in [-0.4, -0.2) is 20.8 Å². The molecule has 1 heterocycles. The van der Waals surface area contributed by atoms with Gasteiger partial charge in [-0.2, -0.15) is 5.10 Å². The van der Waals surface area contributed by atoms with Gasteiger partial charge in [-0.3, -0.25) is 4.68 Å². The number of nitrogens with two attached hydrogens (primary N) is 1. The van der Waals surface area contributed by atoms with Crippen LogP contribution in [0.1, 0.15) is 18.1 Å². The maximum Gasteiger partial charge on any atom is 0.170 e. The zero-order valence-electron chi connectivity index (χ0n) is 11.0. The van der Waals surface area contributed by atoms with Crippen LogP contribution in [0.5, 0.6) is 5.75 Å². The number of aryl methyl sites for hydroxylation is 1. The van der Waals surface area contributed by atoms with Gasteiger partial charge in [-0.05, 0) is 25.1 Å². The third kappa shape index (κ3) is 3.21. The lowest BCUT2D eigenvalue weighted by Crippen LogP contribution is -2.12. The predicted molar refractivity (Wildman–Crippen MR) is 76.2 cm³/mol. The van der Waals surface area contributed by atoms with Gasteiger partial charge in [0.1, 0.15) is 12.4 Å². The number of hydrogen-bond acceptors (Lipinski definition) is 4. The molecule has 0 aliphatic rings. The molecule has 0 saturated heterocycles. The maximum atomic E-state index is 8.61. The molecule has 2 rings (SSSR count). The summed E-state index contributed by atoms with van der Waals surface area (Å²) in [6.45, 7) is 3.21. The molecule has 1 aromatic carbocycles. The number of oxime groups is 1. The quantitative estimate of drug-likeness (QED) is 0.383. The predicted octanol–water partition coefficient (Wildman–Crippen LogP) is 2.23. The second-order valence-corrected chi connectivity index (χ2v) is 4.53. The Bertz CT molecular complexity index is 625. The molecule has 0 bridgehead atoms. The third-order valence-corrected chi connectivity index (χ3v) is 3.04. The molecular formula is C13H15ClN4O2. The summed E-state index contributed by atoms with van der Waals surface area (Å²) in [5, 5.41) is 16.1. The van der Waals surface area contributed by atoms with Gasteiger partial charge >= 0.3 is 0 Å². The molecule has 0 aliphatic carbocycles. The van der Waals surface area contributed by atoms with Crippen molar-refractivity contribution in [3.8, 4) is 5.75 Å². The summed E-state index contributed by atoms with van der Waals surface area (Å²) >= 11 is 6.09. The van der Waals surface area contributed by atoms with E-state index in [-0.39, 0.29) is 5.84 Å². The lowest BCUT2D eigenvalue weighted by molar-refractivity contribution is 0.306. The molecule has 2 aromatic rings. The van der Waals surface area contributed by atoms with Crippen LogP contribution < -0.4 is 10.5 Å². The highest BCUT2D eigenvalue weighted by molar-refractivity contribution is 6.32. The first-order valence-electron chi connectivity index (χ1n) is 6.05. The van der Waals surface area contributed by atoms with E-state index in [1.807, 2.05) is 17.8 Å². The maximum absolute atomic E-state index is 8.61. The Morgan fingerprint density at radius 3 is 2.95 bits per heavy atom. The Kier molecular flexibility index (Phi) is 4.47. The van der Waals surface area contributed by atoms with Gasteiger partial charge in [-0.25, -0.2) is 0 Å². The molecule has 106 valence electrons. The molecule has 7 heteroatoms. The smallest absolute Gasteiger partial charge is 0.170 e. The fourth-order valence-corrected chi connectivity index (χ4v) is 1.89. The van der Waals surface area contributed by atoms with Crippen molar-refractivity contribution in [1.82, 2.24) is 9.78 Å². The summed E-state index contributed by atoms with van der Waals surface area (Å²) in [6, 6.07) is 4.94. The molecule has 6 nitrogen and oxygen atoms in total. The molecule has 0 fully saturated rings. The molecular weight excluding hydrogens is 280 g/mol. The Labute approximate surface area is 121 Å². The normalized spacial score (nSPS) is 11.6. The molecule has 0 aliphatic heterocycles. The number of benzene rings is 1. The van der Waals surface area contributed by atoms with E-state index < -0.39 is 0 Å². The second kappa shape index (κ2) is 6.29. The molecule has 0 atom stereocenters. The highest BCUT2D eigenvalue weighted by Gasteiger charge is 2.07. The number of ether oxygens (including phenoxy) is 1. The third-order valence-electron chi connectivity index (χ3n) is 2.74. The average molecular weight is 295 g/mol. The Morgan fingerprint density at radius 2 is 2.35 bits per heavy atom. The van der Waals surface area contributed by atoms with Crippen LogP contribution in [0, 0.1) is 0 Å². The molecule has 0 radical (unpaired) electrons. The van der Waals surface area contributed by atoms with Crippen LogP contribution in [-0.2, 0) is 13.2 Å². The first kappa shape index (κ1) is 14.2. The highest BCUT2D eigenvalue weighted by Crippen LogP contribution is 2.26. The molecule has 20 heavy (non-hydrogen) atoms. The van der Waals surface area contributed by atoms with Crippen molar-refractivity contribution in [2.45, 2.75) is 20.1 Å². The van der Waals surface area contributed by atoms with Gasteiger partial charge in [0.15, 0.2) is 5.84 Å². The van der Waals surface area contributed by atoms with Gasteiger partial charge in [0.05, 0.1) is 11.2 Å². The fourth-order valence-electron chi connectivity index (χ4n) is 1.65. The van der Waals surface area contributed by atoms with E-state index in [0.717, 1.165) is 12.1 Å². The van der Waals surface area contributed by atoms with E-state index in [9.17, 15) is 0 Å². The number of aromatic nitrogens is 2. The highest BCUT2D eigenvalue weighted by atomic mass is 35.5. The summed E-state index contributed by atoms with van der Waals surface area (Å²) in [5.41, 5.74) is 6.98. The summed E-state index contributed by atoms with van der Waals surface area (Å²) < 4.78 is 7.44. The summed E-state index contributed by atoms with van der Waals surface area (Å²) in [5.74, 6) is 0.535. The van der Waals surface area contributed by atoms with Gasteiger partial charge in [-0.15, -0.1) is 0 Å². The lowest BCUT2D eigenvalue weighted by atomic mass is 10.2. The van der Waals surface area contributed by atoms with Crippen LogP contribution >= 0.6 is 11.6 Å². The largest absolute Gasteiger partial charge is 0.487 e. The SMILES string of the molecule is CCn1cc(COc2ccc(C(N)=NO)cc2Cl)cn1. The van der Waals surface area contributed by atoms with E-state index in [1.165, 1.54) is 0 Å². The molecule has 3 N–H and O–H groups in total. The topological polar surface area (TPSA) is 85.7 Å². The van der Waals surface area contributed by atoms with Gasteiger partial charge in [0, 0.05) is 23.9 Å². The Hall–Kier alpha value is -2.21. The summed E-state index contributed by atoms with van der Waals surface area (Å²) in [6.07, 6.45) is 3.67. The fraction of sp³-hybridized carbons (Fsp3) is 0.231. The van der Waals surface area contributed by atoms with Crippen molar-refractivity contribution in [2.75, 3.05) is 0 Å². The van der Waals surface area contributed by atoms with Gasteiger partial charge in [-0.1, -0.05) is 16.8 Å². The zero-order chi connectivity index (χ0) is 14.5. The van der Waals surface area contributed by atoms with E-state index in [0.29, 0.717) is 22.9 Å². The lowest BCUT2D eigenvalue weighted by Gasteiger charge is -2.08. The van der Waals surface area contributed by atoms with Crippen molar-refractivity contribution in [3.63, 3.8) is 0 Å². The standard InChI is InChI=1S/C13H15ClN4O2/c1-2-18-7-9(6-16-18)8-20-12-4-3-10(5-11(12)14)13(15)17-19/h3-7,19H,2,8H2,1H3,(H2,15,17). The van der Waals surface area contributed by atoms with E-state index in [2.05, 4.69) is 10.3 Å². The minimum absolute atomic E-state index is 0.00247. The van der Waals surface area contributed by atoms with Crippen molar-refractivity contribution >= 4 is 17.4 Å². The summed E-state index contributed by atoms with van der Waals surface area (Å²) in [4.78, 5) is 0. The van der Waals surface area contributed by atoms with E-state index in [4.69, 9.17) is 27.3 Å². The molecule has 0 amide bonds. The van der Waals surface area contributed by atoms with Crippen LogP contribution in [0.3, 0.4) is 0 Å². The van der Waals surface area contributed by atoms with E-state index in [1.54, 1.807) is 24.4 Å². The number of rotatable bonds is 5. The summed E-state index contributed by atoms with van der Waals surface area (Å²) in [7, 11) is 0. The number of halogens is 1. The zero-order valence-corrected chi connectivity index (χ0v) is 11.7. The van der Waals surface area contributed by atoms with Crippen molar-refractivity contribution in [2.24, 2.45) is 10.9 Å². The minimum Gasteiger partial charge on any atom is -0.487 e. The molecule has 1 aromatic heterocycles. The molecule has 0 unspecified atom stereocenters. The first-order chi connectivity index (χ1) is 9.63. The van der Waals surface area contributed by atoms with Crippen molar-refractivity contribution in [3.05, 3.63) is 46.7 Å². The van der Waals surface area contributed by atoms with Crippen LogP contribution in [0.4, 0.5) is 0 Å². The number of hydrogen-bond donors (Lipinski definition) is 2. The van der Waals surface area contributed by atoms with Gasteiger partial charge < -0.3 is 15.7 Å². The Morgan fingerprint density at radius 1 is 1.55 bits per heavy atom. The van der Waals surface area contributed by atoms with Crippen LogP contribution in [0.25, 0.3) is 0 Å². The molecule has 0 saturated carbocycles. The van der Waals surface area contributed by atoms with Crippen LogP contribution in [0.15, 0.2) is 35.7 Å².